The molecule has 0 bridgehead atoms. The van der Waals surface area contributed by atoms with Gasteiger partial charge in [-0.15, -0.1) is 0 Å². The lowest BCUT2D eigenvalue weighted by atomic mass is 10.2. The molecular formula is C15H17BrFN3. The molecule has 0 unspecified atom stereocenters. The number of aromatic nitrogens is 2. The first-order chi connectivity index (χ1) is 9.61. The Morgan fingerprint density at radius 2 is 2.20 bits per heavy atom. The van der Waals surface area contributed by atoms with Gasteiger partial charge in [0.2, 0.25) is 0 Å². The first-order valence-corrected chi connectivity index (χ1v) is 7.61. The van der Waals surface area contributed by atoms with Gasteiger partial charge < -0.3 is 5.32 Å². The Bertz CT molecular complexity index is 620. The van der Waals surface area contributed by atoms with Crippen LogP contribution in [0.1, 0.15) is 29.7 Å². The van der Waals surface area contributed by atoms with E-state index in [1.165, 1.54) is 24.5 Å². The fourth-order valence-corrected chi connectivity index (χ4v) is 2.60. The smallest absolute Gasteiger partial charge is 0.128 e. The summed E-state index contributed by atoms with van der Waals surface area (Å²) in [5.74, 6) is -0.195. The normalized spacial score (nSPS) is 14.8. The molecule has 1 aliphatic rings. The van der Waals surface area contributed by atoms with E-state index >= 15 is 0 Å². The van der Waals surface area contributed by atoms with Crippen molar-refractivity contribution in [3.05, 3.63) is 51.5 Å². The SMILES string of the molecule is Cc1nn(Cc2cc(Br)ccc2F)cc1CNC1CC1. The lowest BCUT2D eigenvalue weighted by Crippen LogP contribution is -2.15. The highest BCUT2D eigenvalue weighted by Crippen LogP contribution is 2.20. The summed E-state index contributed by atoms with van der Waals surface area (Å²) in [6.45, 7) is 3.30. The van der Waals surface area contributed by atoms with Crippen LogP contribution in [-0.2, 0) is 13.1 Å². The van der Waals surface area contributed by atoms with E-state index < -0.39 is 0 Å². The Morgan fingerprint density at radius 1 is 1.40 bits per heavy atom. The number of nitrogens with one attached hydrogen (secondary N) is 1. The summed E-state index contributed by atoms with van der Waals surface area (Å²) in [7, 11) is 0. The van der Waals surface area contributed by atoms with Crippen LogP contribution in [0.15, 0.2) is 28.9 Å². The van der Waals surface area contributed by atoms with Crippen molar-refractivity contribution in [1.29, 1.82) is 0 Å². The summed E-state index contributed by atoms with van der Waals surface area (Å²) < 4.78 is 16.4. The van der Waals surface area contributed by atoms with Crippen molar-refractivity contribution >= 4 is 15.9 Å². The van der Waals surface area contributed by atoms with Crippen LogP contribution in [-0.4, -0.2) is 15.8 Å². The van der Waals surface area contributed by atoms with E-state index in [9.17, 15) is 4.39 Å². The topological polar surface area (TPSA) is 29.9 Å². The summed E-state index contributed by atoms with van der Waals surface area (Å²) in [6.07, 6.45) is 4.55. The van der Waals surface area contributed by atoms with Gasteiger partial charge >= 0.3 is 0 Å². The minimum Gasteiger partial charge on any atom is -0.310 e. The lowest BCUT2D eigenvalue weighted by Gasteiger charge is -2.04. The molecule has 1 fully saturated rings. The quantitative estimate of drug-likeness (QED) is 0.906. The molecule has 0 amide bonds. The molecule has 1 aliphatic carbocycles. The van der Waals surface area contributed by atoms with Crippen molar-refractivity contribution in [3.8, 4) is 0 Å². The van der Waals surface area contributed by atoms with Crippen molar-refractivity contribution in [3.63, 3.8) is 0 Å². The maximum atomic E-state index is 13.8. The molecular weight excluding hydrogens is 321 g/mol. The van der Waals surface area contributed by atoms with Gasteiger partial charge in [0, 0.05) is 34.4 Å². The third-order valence-corrected chi connectivity index (χ3v) is 4.04. The molecule has 1 heterocycles. The Balaban J connectivity index is 1.73. The fourth-order valence-electron chi connectivity index (χ4n) is 2.19. The molecule has 1 saturated carbocycles. The van der Waals surface area contributed by atoms with Crippen LogP contribution < -0.4 is 5.32 Å². The summed E-state index contributed by atoms with van der Waals surface area (Å²) in [4.78, 5) is 0. The van der Waals surface area contributed by atoms with Crippen LogP contribution in [0.5, 0.6) is 0 Å². The maximum absolute atomic E-state index is 13.8. The molecule has 106 valence electrons. The van der Waals surface area contributed by atoms with Crippen LogP contribution >= 0.6 is 15.9 Å². The van der Waals surface area contributed by atoms with Crippen molar-refractivity contribution in [2.75, 3.05) is 0 Å². The average Bonchev–Trinajstić information content (AvgIpc) is 3.16. The molecule has 0 saturated heterocycles. The first-order valence-electron chi connectivity index (χ1n) is 6.82. The summed E-state index contributed by atoms with van der Waals surface area (Å²) in [5.41, 5.74) is 2.84. The molecule has 20 heavy (non-hydrogen) atoms. The number of halogens is 2. The summed E-state index contributed by atoms with van der Waals surface area (Å²) >= 11 is 3.37. The molecule has 1 N–H and O–H groups in total. The van der Waals surface area contributed by atoms with Crippen molar-refractivity contribution in [2.45, 2.75) is 38.9 Å². The van der Waals surface area contributed by atoms with Gasteiger partial charge in [0.15, 0.2) is 0 Å². The van der Waals surface area contributed by atoms with Gasteiger partial charge in [-0.25, -0.2) is 4.39 Å². The molecule has 0 radical (unpaired) electrons. The third kappa shape index (κ3) is 3.27. The lowest BCUT2D eigenvalue weighted by molar-refractivity contribution is 0.583. The Morgan fingerprint density at radius 3 is 2.95 bits per heavy atom. The van der Waals surface area contributed by atoms with Gasteiger partial charge in [0.05, 0.1) is 12.2 Å². The zero-order valence-corrected chi connectivity index (χ0v) is 13.0. The Labute approximate surface area is 126 Å². The average molecular weight is 338 g/mol. The second-order valence-corrected chi connectivity index (χ2v) is 6.24. The molecule has 1 aromatic heterocycles. The van der Waals surface area contributed by atoms with Crippen LogP contribution in [0.25, 0.3) is 0 Å². The molecule has 2 aromatic rings. The molecule has 0 spiro atoms. The van der Waals surface area contributed by atoms with Crippen LogP contribution in [0.4, 0.5) is 4.39 Å². The van der Waals surface area contributed by atoms with E-state index in [2.05, 4.69) is 26.3 Å². The van der Waals surface area contributed by atoms with Gasteiger partial charge in [0.25, 0.3) is 0 Å². The van der Waals surface area contributed by atoms with Gasteiger partial charge in [-0.2, -0.15) is 5.10 Å². The predicted octanol–water partition coefficient (Wildman–Crippen LogP) is 3.39. The van der Waals surface area contributed by atoms with Crippen molar-refractivity contribution < 1.29 is 4.39 Å². The molecule has 5 heteroatoms. The minimum absolute atomic E-state index is 0.195. The van der Waals surface area contributed by atoms with E-state index in [-0.39, 0.29) is 5.82 Å². The number of aryl methyl sites for hydroxylation is 1. The van der Waals surface area contributed by atoms with Crippen LogP contribution in [0, 0.1) is 12.7 Å². The largest absolute Gasteiger partial charge is 0.310 e. The van der Waals surface area contributed by atoms with Crippen molar-refractivity contribution in [1.82, 2.24) is 15.1 Å². The van der Waals surface area contributed by atoms with Crippen LogP contribution in [0.3, 0.4) is 0 Å². The van der Waals surface area contributed by atoms with E-state index in [0.717, 1.165) is 16.7 Å². The highest BCUT2D eigenvalue weighted by atomic mass is 79.9. The molecule has 1 aromatic carbocycles. The number of rotatable bonds is 5. The minimum atomic E-state index is -0.195. The predicted molar refractivity (Wildman–Crippen MR) is 80.0 cm³/mol. The van der Waals surface area contributed by atoms with Gasteiger partial charge in [-0.05, 0) is 38.0 Å². The summed E-state index contributed by atoms with van der Waals surface area (Å²) in [6, 6.07) is 5.66. The fraction of sp³-hybridized carbons (Fsp3) is 0.400. The van der Waals surface area contributed by atoms with Crippen LogP contribution in [0.2, 0.25) is 0 Å². The number of hydrogen-bond donors (Lipinski definition) is 1. The zero-order chi connectivity index (χ0) is 14.1. The van der Waals surface area contributed by atoms with E-state index in [1.807, 2.05) is 17.8 Å². The standard InChI is InChI=1S/C15H17BrFN3/c1-10-12(7-18-14-3-4-14)9-20(19-10)8-11-6-13(16)2-5-15(11)17/h2,5-6,9,14,18H,3-4,7-8H2,1H3. The number of benzene rings is 1. The zero-order valence-electron chi connectivity index (χ0n) is 11.4. The Kier molecular flexibility index (Phi) is 3.89. The summed E-state index contributed by atoms with van der Waals surface area (Å²) in [5, 5.41) is 7.95. The van der Waals surface area contributed by atoms with Gasteiger partial charge in [-0.1, -0.05) is 15.9 Å². The number of hydrogen-bond acceptors (Lipinski definition) is 2. The van der Waals surface area contributed by atoms with Crippen molar-refractivity contribution in [2.24, 2.45) is 0 Å². The second-order valence-electron chi connectivity index (χ2n) is 5.33. The maximum Gasteiger partial charge on any atom is 0.128 e. The van der Waals surface area contributed by atoms with E-state index in [1.54, 1.807) is 12.1 Å². The monoisotopic (exact) mass is 337 g/mol. The number of nitrogens with zero attached hydrogens (tertiary/aromatic N) is 2. The molecule has 0 atom stereocenters. The highest BCUT2D eigenvalue weighted by molar-refractivity contribution is 9.10. The van der Waals surface area contributed by atoms with Gasteiger partial charge in [-0.3, -0.25) is 4.68 Å². The first kappa shape index (κ1) is 13.8. The van der Waals surface area contributed by atoms with E-state index in [0.29, 0.717) is 18.2 Å². The molecule has 3 nitrogen and oxygen atoms in total. The third-order valence-electron chi connectivity index (χ3n) is 3.55. The Hall–Kier alpha value is -1.20. The highest BCUT2D eigenvalue weighted by Gasteiger charge is 2.20. The van der Waals surface area contributed by atoms with E-state index in [4.69, 9.17) is 0 Å². The molecule has 0 aliphatic heterocycles. The molecule has 3 rings (SSSR count). The van der Waals surface area contributed by atoms with Gasteiger partial charge in [0.1, 0.15) is 5.82 Å². The second kappa shape index (κ2) is 5.66.